The van der Waals surface area contributed by atoms with E-state index in [4.69, 9.17) is 0 Å². The highest BCUT2D eigenvalue weighted by atomic mass is 16.3. The van der Waals surface area contributed by atoms with E-state index in [2.05, 4.69) is 23.8 Å². The molecule has 1 aromatic rings. The lowest BCUT2D eigenvalue weighted by atomic mass is 10.1. The number of rotatable bonds is 6. The third kappa shape index (κ3) is 3.74. The predicted molar refractivity (Wildman–Crippen MR) is 83.4 cm³/mol. The lowest BCUT2D eigenvalue weighted by Gasteiger charge is -2.33. The molecule has 0 radical (unpaired) electrons. The molecule has 1 aromatic heterocycles. The number of aliphatic hydroxyl groups excluding tert-OH is 2. The second-order valence-electron chi connectivity index (χ2n) is 5.39. The van der Waals surface area contributed by atoms with Gasteiger partial charge in [0, 0.05) is 12.2 Å². The molecule has 0 spiro atoms. The number of aliphatic hydroxyl groups is 2. The van der Waals surface area contributed by atoms with Crippen LogP contribution in [0.2, 0.25) is 0 Å². The van der Waals surface area contributed by atoms with Gasteiger partial charge in [0.25, 0.3) is 5.88 Å². The van der Waals surface area contributed by atoms with Gasteiger partial charge < -0.3 is 15.1 Å². The molecule has 5 nitrogen and oxygen atoms in total. The molecule has 1 aliphatic heterocycles. The SMILES string of the molecule is CCCCCC(C)N1CC(O)=C(O)N=C1c1ccccn1. The third-order valence-electron chi connectivity index (χ3n) is 3.71. The van der Waals surface area contributed by atoms with Crippen LogP contribution in [0.4, 0.5) is 0 Å². The van der Waals surface area contributed by atoms with E-state index in [9.17, 15) is 10.2 Å². The molecule has 2 N–H and O–H groups in total. The van der Waals surface area contributed by atoms with Crippen molar-refractivity contribution in [3.05, 3.63) is 41.7 Å². The fourth-order valence-electron chi connectivity index (χ4n) is 2.45. The maximum absolute atomic E-state index is 9.79. The van der Waals surface area contributed by atoms with Gasteiger partial charge in [0.2, 0.25) is 0 Å². The molecule has 0 bridgehead atoms. The summed E-state index contributed by atoms with van der Waals surface area (Å²) < 4.78 is 0. The Hall–Kier alpha value is -2.04. The van der Waals surface area contributed by atoms with Crippen LogP contribution in [0.3, 0.4) is 0 Å². The van der Waals surface area contributed by atoms with Gasteiger partial charge in [0.15, 0.2) is 11.6 Å². The second kappa shape index (κ2) is 7.11. The van der Waals surface area contributed by atoms with E-state index in [0.717, 1.165) is 12.8 Å². The van der Waals surface area contributed by atoms with E-state index in [-0.39, 0.29) is 24.2 Å². The van der Waals surface area contributed by atoms with Gasteiger partial charge in [-0.3, -0.25) is 4.98 Å². The molecule has 0 fully saturated rings. The van der Waals surface area contributed by atoms with Gasteiger partial charge in [-0.2, -0.15) is 4.99 Å². The lowest BCUT2D eigenvalue weighted by Crippen LogP contribution is -2.43. The standard InChI is InChI=1S/C16H23N3O2/c1-3-4-5-8-12(2)19-11-14(20)16(21)18-15(19)13-9-6-7-10-17-13/h6-7,9-10,12,20-21H,3-5,8,11H2,1-2H3. The van der Waals surface area contributed by atoms with Crippen LogP contribution in [-0.4, -0.2) is 38.5 Å². The maximum Gasteiger partial charge on any atom is 0.253 e. The number of nitrogens with zero attached hydrogens (tertiary/aromatic N) is 3. The van der Waals surface area contributed by atoms with Crippen molar-refractivity contribution in [2.75, 3.05) is 6.54 Å². The van der Waals surface area contributed by atoms with Crippen molar-refractivity contribution in [3.63, 3.8) is 0 Å². The molecule has 21 heavy (non-hydrogen) atoms. The smallest absolute Gasteiger partial charge is 0.253 e. The summed E-state index contributed by atoms with van der Waals surface area (Å²) in [6.45, 7) is 4.57. The van der Waals surface area contributed by atoms with Gasteiger partial charge in [-0.25, -0.2) is 0 Å². The van der Waals surface area contributed by atoms with Crippen LogP contribution < -0.4 is 0 Å². The Morgan fingerprint density at radius 1 is 1.29 bits per heavy atom. The minimum atomic E-state index is -0.312. The minimum Gasteiger partial charge on any atom is -0.506 e. The average Bonchev–Trinajstić information content (AvgIpc) is 2.50. The molecule has 1 unspecified atom stereocenters. The average molecular weight is 289 g/mol. The van der Waals surface area contributed by atoms with Gasteiger partial charge in [-0.05, 0) is 25.5 Å². The largest absolute Gasteiger partial charge is 0.506 e. The summed E-state index contributed by atoms with van der Waals surface area (Å²) in [7, 11) is 0. The molecular formula is C16H23N3O2. The Morgan fingerprint density at radius 3 is 2.76 bits per heavy atom. The van der Waals surface area contributed by atoms with E-state index < -0.39 is 0 Å². The number of amidine groups is 1. The fraction of sp³-hybridized carbons (Fsp3) is 0.500. The highest BCUT2D eigenvalue weighted by Gasteiger charge is 2.27. The van der Waals surface area contributed by atoms with Gasteiger partial charge in [0.05, 0.1) is 6.54 Å². The van der Waals surface area contributed by atoms with Gasteiger partial charge in [-0.15, -0.1) is 0 Å². The van der Waals surface area contributed by atoms with E-state index in [1.807, 2.05) is 23.1 Å². The van der Waals surface area contributed by atoms with Crippen molar-refractivity contribution in [1.82, 2.24) is 9.88 Å². The van der Waals surface area contributed by atoms with Crippen LogP contribution in [0.1, 0.15) is 45.2 Å². The van der Waals surface area contributed by atoms with Crippen molar-refractivity contribution in [2.24, 2.45) is 4.99 Å². The lowest BCUT2D eigenvalue weighted by molar-refractivity contribution is 0.236. The minimum absolute atomic E-state index is 0.0861. The summed E-state index contributed by atoms with van der Waals surface area (Å²) in [6.07, 6.45) is 6.24. The van der Waals surface area contributed by atoms with E-state index in [1.54, 1.807) is 6.20 Å². The zero-order chi connectivity index (χ0) is 15.2. The first-order valence-corrected chi connectivity index (χ1v) is 7.51. The molecule has 5 heteroatoms. The number of unbranched alkanes of at least 4 members (excludes halogenated alkanes) is 2. The summed E-state index contributed by atoms with van der Waals surface area (Å²) >= 11 is 0. The molecule has 1 aliphatic rings. The molecule has 0 aromatic carbocycles. The molecule has 114 valence electrons. The summed E-state index contributed by atoms with van der Waals surface area (Å²) in [5.41, 5.74) is 0.707. The van der Waals surface area contributed by atoms with Gasteiger partial charge in [-0.1, -0.05) is 32.3 Å². The summed E-state index contributed by atoms with van der Waals surface area (Å²) in [6, 6.07) is 5.82. The Labute approximate surface area is 125 Å². The van der Waals surface area contributed by atoms with Gasteiger partial charge >= 0.3 is 0 Å². The van der Waals surface area contributed by atoms with Crippen molar-refractivity contribution < 1.29 is 10.2 Å². The Balaban J connectivity index is 2.21. The molecular weight excluding hydrogens is 266 g/mol. The van der Waals surface area contributed by atoms with Gasteiger partial charge in [0.1, 0.15) is 5.69 Å². The molecule has 2 rings (SSSR count). The zero-order valence-corrected chi connectivity index (χ0v) is 12.7. The quantitative estimate of drug-likeness (QED) is 0.788. The fourth-order valence-corrected chi connectivity index (χ4v) is 2.45. The number of hydrogen-bond acceptors (Lipinski definition) is 5. The first-order valence-electron chi connectivity index (χ1n) is 7.51. The van der Waals surface area contributed by atoms with Crippen molar-refractivity contribution in [1.29, 1.82) is 0 Å². The van der Waals surface area contributed by atoms with E-state index in [0.29, 0.717) is 11.5 Å². The number of hydrogen-bond donors (Lipinski definition) is 2. The molecule has 2 heterocycles. The molecule has 0 aliphatic carbocycles. The van der Waals surface area contributed by atoms with Crippen molar-refractivity contribution >= 4 is 5.84 Å². The van der Waals surface area contributed by atoms with E-state index in [1.165, 1.54) is 12.8 Å². The van der Waals surface area contributed by atoms with Crippen LogP contribution >= 0.6 is 0 Å². The zero-order valence-electron chi connectivity index (χ0n) is 12.7. The van der Waals surface area contributed by atoms with Crippen LogP contribution in [0.25, 0.3) is 0 Å². The molecule has 1 atom stereocenters. The normalized spacial score (nSPS) is 16.9. The van der Waals surface area contributed by atoms with Crippen LogP contribution in [0, 0.1) is 0 Å². The third-order valence-corrected chi connectivity index (χ3v) is 3.71. The molecule has 0 amide bonds. The Kier molecular flexibility index (Phi) is 5.20. The summed E-state index contributed by atoms with van der Waals surface area (Å²) in [5.74, 6) is 0.222. The highest BCUT2D eigenvalue weighted by Crippen LogP contribution is 2.20. The number of pyridine rings is 1. The Morgan fingerprint density at radius 2 is 2.10 bits per heavy atom. The monoisotopic (exact) mass is 289 g/mol. The molecule has 0 saturated carbocycles. The second-order valence-corrected chi connectivity index (χ2v) is 5.39. The Bertz CT molecular complexity index is 526. The molecule has 0 saturated heterocycles. The summed E-state index contributed by atoms with van der Waals surface area (Å²) in [5, 5.41) is 19.5. The van der Waals surface area contributed by atoms with Crippen molar-refractivity contribution in [2.45, 2.75) is 45.6 Å². The van der Waals surface area contributed by atoms with Crippen molar-refractivity contribution in [3.8, 4) is 0 Å². The van der Waals surface area contributed by atoms with Crippen LogP contribution in [-0.2, 0) is 0 Å². The first-order chi connectivity index (χ1) is 10.1. The summed E-state index contributed by atoms with van der Waals surface area (Å²) in [4.78, 5) is 10.4. The number of aliphatic imine (C=N–C) groups is 1. The first kappa shape index (κ1) is 15.4. The van der Waals surface area contributed by atoms with Crippen LogP contribution in [0.5, 0.6) is 0 Å². The predicted octanol–water partition coefficient (Wildman–Crippen LogP) is 3.40. The van der Waals surface area contributed by atoms with Crippen LogP contribution in [0.15, 0.2) is 41.0 Å². The number of aromatic nitrogens is 1. The van der Waals surface area contributed by atoms with E-state index >= 15 is 0 Å². The topological polar surface area (TPSA) is 69.0 Å². The highest BCUT2D eigenvalue weighted by molar-refractivity contribution is 5.98. The maximum atomic E-state index is 9.79.